The van der Waals surface area contributed by atoms with Crippen molar-refractivity contribution in [2.24, 2.45) is 46.3 Å². The number of hydrogen-bond acceptors (Lipinski definition) is 3. The molecule has 6 nitrogen and oxygen atoms in total. The number of aliphatic hydroxyl groups is 2. The second-order valence-corrected chi connectivity index (χ2v) is 17.5. The summed E-state index contributed by atoms with van der Waals surface area (Å²) in [6.07, 6.45) is 17.2. The van der Waals surface area contributed by atoms with Crippen molar-refractivity contribution in [1.82, 2.24) is 0 Å². The van der Waals surface area contributed by atoms with Crippen LogP contribution in [0, 0.1) is 46.3 Å². The van der Waals surface area contributed by atoms with E-state index in [-0.39, 0.29) is 12.6 Å². The largest absolute Gasteiger partial charge is 0.393 e. The Morgan fingerprint density at radius 3 is 2.23 bits per heavy atom. The first-order valence-electron chi connectivity index (χ1n) is 15.8. The molecular weight excluding hydrogens is 509 g/mol. The van der Waals surface area contributed by atoms with Crippen molar-refractivity contribution >= 4 is 7.60 Å². The molecule has 0 spiro atoms. The topological polar surface area (TPSA) is 98.0 Å². The van der Waals surface area contributed by atoms with Crippen molar-refractivity contribution in [3.63, 3.8) is 0 Å². The first kappa shape index (κ1) is 33.3. The quantitative estimate of drug-likeness (QED) is 0.150. The maximum absolute atomic E-state index is 10.4. The van der Waals surface area contributed by atoms with Crippen LogP contribution < -0.4 is 0 Å². The molecule has 4 aliphatic rings. The van der Waals surface area contributed by atoms with Gasteiger partial charge in [0, 0.05) is 0 Å². The summed E-state index contributed by atoms with van der Waals surface area (Å²) >= 11 is 0. The summed E-state index contributed by atoms with van der Waals surface area (Å²) in [6, 6.07) is 0. The number of likely N-dealkylation sites (N-methyl/N-ethyl adjacent to an activating group) is 1. The highest BCUT2D eigenvalue weighted by molar-refractivity contribution is 7.52. The highest BCUT2D eigenvalue weighted by Gasteiger charge is 2.59. The fraction of sp³-hybridized carbons (Fsp3) is 0.938. The standard InChI is InChI=1S/C27H46O.C5H14NO4P/c1-18(2)7-6-8-19(3)23-11-12-24-22-10-9-20-17-21(28)13-15-26(20,4)25(22)14-16-27(23,24)5;1-6(2,3)4-5(7)11(8,9)10/h9,18-19,21-25,28H,6-8,10-17H2,1-5H3;5,7H,4H2,1-3H3,(H-,8,9,10)/p+1/t19-,21+,22+,23-,24+,25+,26+,27-;/m1./s1. The molecule has 39 heavy (non-hydrogen) atoms. The van der Waals surface area contributed by atoms with Crippen LogP contribution in [0.15, 0.2) is 11.6 Å². The fourth-order valence-electron chi connectivity index (χ4n) is 9.26. The Bertz CT molecular complexity index is 893. The number of nitrogens with zero attached hydrogens (tertiary/aromatic N) is 1. The Balaban J connectivity index is 0.000000325. The Hall–Kier alpha value is -0.230. The van der Waals surface area contributed by atoms with Crippen LogP contribution in [0.4, 0.5) is 0 Å². The maximum Gasteiger partial charge on any atom is 0.359 e. The molecule has 4 N–H and O–H groups in total. The van der Waals surface area contributed by atoms with E-state index in [9.17, 15) is 9.67 Å². The van der Waals surface area contributed by atoms with Crippen molar-refractivity contribution in [3.8, 4) is 0 Å². The van der Waals surface area contributed by atoms with Crippen LogP contribution in [0.5, 0.6) is 0 Å². The summed E-state index contributed by atoms with van der Waals surface area (Å²) in [5.74, 6) is 3.90. The first-order valence-corrected chi connectivity index (χ1v) is 17.5. The van der Waals surface area contributed by atoms with Crippen LogP contribution in [0.1, 0.15) is 105 Å². The molecule has 0 bridgehead atoms. The average molecular weight is 571 g/mol. The van der Waals surface area contributed by atoms with E-state index in [1.807, 2.05) is 0 Å². The van der Waals surface area contributed by atoms with E-state index in [0.29, 0.717) is 15.3 Å². The van der Waals surface area contributed by atoms with E-state index in [1.54, 1.807) is 26.7 Å². The number of rotatable bonds is 8. The van der Waals surface area contributed by atoms with Gasteiger partial charge < -0.3 is 24.5 Å². The van der Waals surface area contributed by atoms with Crippen molar-refractivity contribution in [2.45, 2.75) is 117 Å². The third-order valence-electron chi connectivity index (χ3n) is 11.4. The summed E-state index contributed by atoms with van der Waals surface area (Å²) in [5.41, 5.74) is 2.60. The molecular formula is C32H61NO5P+. The van der Waals surface area contributed by atoms with Crippen LogP contribution in [-0.4, -0.2) is 64.1 Å². The summed E-state index contributed by atoms with van der Waals surface area (Å²) in [5, 5.41) is 19.2. The highest BCUT2D eigenvalue weighted by Crippen LogP contribution is 2.67. The van der Waals surface area contributed by atoms with Crippen molar-refractivity contribution in [2.75, 3.05) is 27.7 Å². The molecule has 1 unspecified atom stereocenters. The third-order valence-corrected chi connectivity index (χ3v) is 12.3. The third kappa shape index (κ3) is 7.79. The van der Waals surface area contributed by atoms with Crippen LogP contribution in [0.2, 0.25) is 0 Å². The Kier molecular flexibility index (Phi) is 10.7. The smallest absolute Gasteiger partial charge is 0.359 e. The summed E-state index contributed by atoms with van der Waals surface area (Å²) in [7, 11) is 0.933. The van der Waals surface area contributed by atoms with E-state index >= 15 is 0 Å². The molecule has 4 aliphatic carbocycles. The number of allylic oxidation sites excluding steroid dienone is 1. The van der Waals surface area contributed by atoms with E-state index in [0.717, 1.165) is 48.3 Å². The lowest BCUT2D eigenvalue weighted by atomic mass is 9.47. The van der Waals surface area contributed by atoms with Gasteiger partial charge in [0.1, 0.15) is 6.54 Å². The van der Waals surface area contributed by atoms with E-state index in [4.69, 9.17) is 14.9 Å². The van der Waals surface area contributed by atoms with Crippen molar-refractivity contribution in [1.29, 1.82) is 0 Å². The van der Waals surface area contributed by atoms with Gasteiger partial charge >= 0.3 is 7.60 Å². The minimum absolute atomic E-state index is 0.0459. The zero-order valence-corrected chi connectivity index (χ0v) is 27.2. The van der Waals surface area contributed by atoms with E-state index in [2.05, 4.69) is 40.7 Å². The summed E-state index contributed by atoms with van der Waals surface area (Å²) < 4.78 is 10.8. The summed E-state index contributed by atoms with van der Waals surface area (Å²) in [6.45, 7) is 12.6. The molecule has 3 fully saturated rings. The molecule has 4 rings (SSSR count). The average Bonchev–Trinajstić information content (AvgIpc) is 3.15. The minimum atomic E-state index is -4.31. The van der Waals surface area contributed by atoms with Crippen molar-refractivity contribution in [3.05, 3.63) is 11.6 Å². The van der Waals surface area contributed by atoms with Crippen LogP contribution in [-0.2, 0) is 4.57 Å². The van der Waals surface area contributed by atoms with Gasteiger partial charge in [0.15, 0.2) is 0 Å². The zero-order valence-electron chi connectivity index (χ0n) is 26.3. The van der Waals surface area contributed by atoms with Gasteiger partial charge in [-0.1, -0.05) is 65.5 Å². The number of aliphatic hydroxyl groups excluding tert-OH is 2. The predicted molar refractivity (Wildman–Crippen MR) is 160 cm³/mol. The fourth-order valence-corrected chi connectivity index (χ4v) is 9.97. The summed E-state index contributed by atoms with van der Waals surface area (Å²) in [4.78, 5) is 17.0. The second kappa shape index (κ2) is 12.6. The monoisotopic (exact) mass is 570 g/mol. The van der Waals surface area contributed by atoms with E-state index < -0.39 is 13.4 Å². The van der Waals surface area contributed by atoms with Crippen LogP contribution >= 0.6 is 7.60 Å². The second-order valence-electron chi connectivity index (χ2n) is 15.7. The number of fused-ring (bicyclic) bond motifs is 5. The van der Waals surface area contributed by atoms with Gasteiger partial charge in [0.05, 0.1) is 27.2 Å². The predicted octanol–water partition coefficient (Wildman–Crippen LogP) is 6.58. The van der Waals surface area contributed by atoms with Gasteiger partial charge in [-0.2, -0.15) is 0 Å². The minimum Gasteiger partial charge on any atom is -0.393 e. The molecule has 0 amide bonds. The number of quaternary nitrogens is 1. The lowest BCUT2D eigenvalue weighted by Gasteiger charge is -2.58. The normalized spacial score (nSPS) is 38.1. The van der Waals surface area contributed by atoms with Crippen LogP contribution in [0.25, 0.3) is 0 Å². The molecule has 3 saturated carbocycles. The van der Waals surface area contributed by atoms with E-state index in [1.165, 1.54) is 57.8 Å². The van der Waals surface area contributed by atoms with Gasteiger partial charge in [-0.05, 0) is 97.7 Å². The lowest BCUT2D eigenvalue weighted by molar-refractivity contribution is -0.872. The lowest BCUT2D eigenvalue weighted by Crippen LogP contribution is -2.50. The van der Waals surface area contributed by atoms with Gasteiger partial charge in [-0.3, -0.25) is 4.57 Å². The highest BCUT2D eigenvalue weighted by atomic mass is 31.2. The first-order chi connectivity index (χ1) is 17.9. The maximum atomic E-state index is 10.4. The Morgan fingerprint density at radius 1 is 1.00 bits per heavy atom. The van der Waals surface area contributed by atoms with Gasteiger partial charge in [-0.25, -0.2) is 0 Å². The van der Waals surface area contributed by atoms with Gasteiger partial charge in [-0.15, -0.1) is 0 Å². The SMILES string of the molecule is CC(C)CCC[C@@H](C)[C@H]1CC[C@H]2[C@@H]3CC=C4C[C@@H](O)CC[C@]4(C)[C@H]3CC[C@]12C.C[N+](C)(C)CC(O)P(=O)(O)O. The molecule has 0 heterocycles. The van der Waals surface area contributed by atoms with Crippen LogP contribution in [0.3, 0.4) is 0 Å². The molecule has 228 valence electrons. The molecule has 0 aromatic rings. The molecule has 0 aromatic carbocycles. The molecule has 0 aromatic heterocycles. The van der Waals surface area contributed by atoms with Crippen molar-refractivity contribution < 1.29 is 29.0 Å². The Morgan fingerprint density at radius 2 is 1.67 bits per heavy atom. The number of hydrogen-bond donors (Lipinski definition) is 4. The molecule has 0 radical (unpaired) electrons. The molecule has 7 heteroatoms. The molecule has 9 atom stereocenters. The Labute approximate surface area is 239 Å². The van der Waals surface area contributed by atoms with Gasteiger partial charge in [0.2, 0.25) is 5.85 Å². The van der Waals surface area contributed by atoms with Gasteiger partial charge in [0.25, 0.3) is 0 Å². The zero-order chi connectivity index (χ0) is 29.4. The molecule has 0 saturated heterocycles. The molecule has 0 aliphatic heterocycles.